The number of para-hydroxylation sites is 1. The minimum Gasteiger partial charge on any atom is -0.349 e. The third-order valence-corrected chi connectivity index (χ3v) is 3.94. The number of benzene rings is 2. The van der Waals surface area contributed by atoms with Crippen molar-refractivity contribution in [2.45, 2.75) is 6.92 Å². The first-order chi connectivity index (χ1) is 12.4. The Balaban J connectivity index is 2.13. The van der Waals surface area contributed by atoms with E-state index < -0.39 is 16.2 Å². The summed E-state index contributed by atoms with van der Waals surface area (Å²) in [6, 6.07) is 13.6. The van der Waals surface area contributed by atoms with Crippen molar-refractivity contribution in [1.29, 1.82) is 0 Å². The standard InChI is InChI=1S/C18H16N4O4/c1-11(23)19-12-7-9-13(10-8-12)20-16-14-5-3-4-6-15(14)21(2)18(24)17(16)22(25)26/h3-10,20H,1-2H3,(H,19,23). The van der Waals surface area contributed by atoms with Crippen LogP contribution in [0.25, 0.3) is 10.9 Å². The lowest BCUT2D eigenvalue weighted by Crippen LogP contribution is -2.21. The molecule has 1 aromatic heterocycles. The van der Waals surface area contributed by atoms with Crippen LogP contribution in [0.3, 0.4) is 0 Å². The molecular formula is C18H16N4O4. The van der Waals surface area contributed by atoms with Crippen molar-refractivity contribution in [2.24, 2.45) is 7.05 Å². The zero-order valence-corrected chi connectivity index (χ0v) is 14.1. The molecule has 0 radical (unpaired) electrons. The van der Waals surface area contributed by atoms with Gasteiger partial charge in [-0.2, -0.15) is 0 Å². The average Bonchev–Trinajstić information content (AvgIpc) is 2.60. The molecule has 8 nitrogen and oxygen atoms in total. The van der Waals surface area contributed by atoms with E-state index in [0.717, 1.165) is 0 Å². The molecule has 0 aliphatic carbocycles. The van der Waals surface area contributed by atoms with E-state index in [-0.39, 0.29) is 11.6 Å². The normalized spacial score (nSPS) is 10.5. The molecule has 3 aromatic rings. The highest BCUT2D eigenvalue weighted by Gasteiger charge is 2.24. The maximum Gasteiger partial charge on any atom is 0.357 e. The molecule has 0 saturated heterocycles. The number of hydrogen-bond acceptors (Lipinski definition) is 5. The van der Waals surface area contributed by atoms with Crippen LogP contribution in [-0.2, 0) is 11.8 Å². The van der Waals surface area contributed by atoms with Crippen LogP contribution in [0.15, 0.2) is 53.3 Å². The van der Waals surface area contributed by atoms with Crippen LogP contribution in [0, 0.1) is 10.1 Å². The van der Waals surface area contributed by atoms with Gasteiger partial charge in [0, 0.05) is 30.7 Å². The van der Waals surface area contributed by atoms with Gasteiger partial charge in [-0.15, -0.1) is 0 Å². The first kappa shape index (κ1) is 17.2. The number of aromatic nitrogens is 1. The van der Waals surface area contributed by atoms with Crippen LogP contribution in [-0.4, -0.2) is 15.4 Å². The molecule has 2 aromatic carbocycles. The summed E-state index contributed by atoms with van der Waals surface area (Å²) >= 11 is 0. The van der Waals surface area contributed by atoms with Gasteiger partial charge in [-0.1, -0.05) is 18.2 Å². The molecule has 2 N–H and O–H groups in total. The SMILES string of the molecule is CC(=O)Nc1ccc(Nc2c([N+](=O)[O-])c(=O)n(C)c3ccccc23)cc1. The molecule has 0 fully saturated rings. The Hall–Kier alpha value is -3.68. The van der Waals surface area contributed by atoms with Crippen molar-refractivity contribution in [1.82, 2.24) is 4.57 Å². The number of nitro groups is 1. The number of hydrogen-bond donors (Lipinski definition) is 2. The van der Waals surface area contributed by atoms with Gasteiger partial charge >= 0.3 is 11.2 Å². The predicted octanol–water partition coefficient (Wildman–Crippen LogP) is 3.15. The predicted molar refractivity (Wildman–Crippen MR) is 99.9 cm³/mol. The van der Waals surface area contributed by atoms with Crippen molar-refractivity contribution in [3.05, 3.63) is 69.0 Å². The molecule has 0 unspecified atom stereocenters. The van der Waals surface area contributed by atoms with E-state index in [2.05, 4.69) is 10.6 Å². The molecule has 26 heavy (non-hydrogen) atoms. The maximum absolute atomic E-state index is 12.4. The van der Waals surface area contributed by atoms with Crippen molar-refractivity contribution in [3.63, 3.8) is 0 Å². The number of pyridine rings is 1. The van der Waals surface area contributed by atoms with E-state index in [4.69, 9.17) is 0 Å². The van der Waals surface area contributed by atoms with Crippen molar-refractivity contribution >= 4 is 39.6 Å². The summed E-state index contributed by atoms with van der Waals surface area (Å²) in [7, 11) is 1.50. The Morgan fingerprint density at radius 1 is 1.08 bits per heavy atom. The fourth-order valence-corrected chi connectivity index (χ4v) is 2.76. The van der Waals surface area contributed by atoms with Crippen LogP contribution < -0.4 is 16.2 Å². The highest BCUT2D eigenvalue weighted by molar-refractivity contribution is 5.98. The Morgan fingerprint density at radius 2 is 1.69 bits per heavy atom. The van der Waals surface area contributed by atoms with Gasteiger partial charge in [-0.05, 0) is 30.3 Å². The van der Waals surface area contributed by atoms with Crippen LogP contribution in [0.1, 0.15) is 6.92 Å². The number of anilines is 3. The second-order valence-corrected chi connectivity index (χ2v) is 5.75. The number of amides is 1. The van der Waals surface area contributed by atoms with Gasteiger partial charge in [-0.25, -0.2) is 0 Å². The summed E-state index contributed by atoms with van der Waals surface area (Å²) in [6.45, 7) is 1.40. The molecule has 3 rings (SSSR count). The zero-order chi connectivity index (χ0) is 18.8. The lowest BCUT2D eigenvalue weighted by Gasteiger charge is -2.13. The first-order valence-corrected chi connectivity index (χ1v) is 7.79. The smallest absolute Gasteiger partial charge is 0.349 e. The van der Waals surface area contributed by atoms with Gasteiger partial charge in [0.2, 0.25) is 5.91 Å². The van der Waals surface area contributed by atoms with Crippen LogP contribution in [0.5, 0.6) is 0 Å². The van der Waals surface area contributed by atoms with Crippen LogP contribution >= 0.6 is 0 Å². The first-order valence-electron chi connectivity index (χ1n) is 7.79. The molecule has 0 spiro atoms. The maximum atomic E-state index is 12.4. The van der Waals surface area contributed by atoms with E-state index in [1.54, 1.807) is 48.5 Å². The van der Waals surface area contributed by atoms with E-state index in [0.29, 0.717) is 22.3 Å². The van der Waals surface area contributed by atoms with Crippen LogP contribution in [0.2, 0.25) is 0 Å². The number of aryl methyl sites for hydroxylation is 1. The van der Waals surface area contributed by atoms with Gasteiger partial charge in [-0.3, -0.25) is 19.7 Å². The number of carbonyl (C=O) groups excluding carboxylic acids is 1. The Bertz CT molecular complexity index is 1070. The quantitative estimate of drug-likeness (QED) is 0.554. The molecule has 1 amide bonds. The van der Waals surface area contributed by atoms with Gasteiger partial charge in [0.05, 0.1) is 10.4 Å². The summed E-state index contributed by atoms with van der Waals surface area (Å²) in [4.78, 5) is 34.4. The van der Waals surface area contributed by atoms with E-state index in [9.17, 15) is 19.7 Å². The number of nitrogens with zero attached hydrogens (tertiary/aromatic N) is 2. The van der Waals surface area contributed by atoms with E-state index >= 15 is 0 Å². The topological polar surface area (TPSA) is 106 Å². The molecule has 1 heterocycles. The summed E-state index contributed by atoms with van der Waals surface area (Å²) < 4.78 is 1.26. The Labute approximate surface area is 148 Å². The molecule has 0 atom stereocenters. The van der Waals surface area contributed by atoms with Gasteiger partial charge < -0.3 is 15.2 Å². The summed E-state index contributed by atoms with van der Waals surface area (Å²) in [5.74, 6) is -0.195. The summed E-state index contributed by atoms with van der Waals surface area (Å²) in [6.07, 6.45) is 0. The molecule has 0 saturated carbocycles. The second-order valence-electron chi connectivity index (χ2n) is 5.75. The lowest BCUT2D eigenvalue weighted by atomic mass is 10.1. The molecular weight excluding hydrogens is 336 g/mol. The van der Waals surface area contributed by atoms with Gasteiger partial charge in [0.25, 0.3) is 0 Å². The molecule has 0 aliphatic heterocycles. The lowest BCUT2D eigenvalue weighted by molar-refractivity contribution is -0.385. The molecule has 0 bridgehead atoms. The highest BCUT2D eigenvalue weighted by atomic mass is 16.6. The molecule has 8 heteroatoms. The third kappa shape index (κ3) is 3.12. The number of fused-ring (bicyclic) bond motifs is 1. The number of nitrogens with one attached hydrogen (secondary N) is 2. The minimum absolute atomic E-state index is 0.140. The molecule has 0 aliphatic rings. The van der Waals surface area contributed by atoms with Crippen molar-refractivity contribution < 1.29 is 9.72 Å². The van der Waals surface area contributed by atoms with E-state index in [1.807, 2.05) is 0 Å². The van der Waals surface area contributed by atoms with Crippen LogP contribution in [0.4, 0.5) is 22.7 Å². The molecule has 132 valence electrons. The third-order valence-electron chi connectivity index (χ3n) is 3.94. The summed E-state index contributed by atoms with van der Waals surface area (Å²) in [5.41, 5.74) is 0.677. The van der Waals surface area contributed by atoms with E-state index in [1.165, 1.54) is 18.5 Å². The average molecular weight is 352 g/mol. The Kier molecular flexibility index (Phi) is 4.40. The second kappa shape index (κ2) is 6.67. The van der Waals surface area contributed by atoms with Gasteiger partial charge in [0.1, 0.15) is 5.69 Å². The number of carbonyl (C=O) groups is 1. The minimum atomic E-state index is -0.689. The fourth-order valence-electron chi connectivity index (χ4n) is 2.76. The van der Waals surface area contributed by atoms with Crippen molar-refractivity contribution in [2.75, 3.05) is 10.6 Å². The zero-order valence-electron chi connectivity index (χ0n) is 14.1. The summed E-state index contributed by atoms with van der Waals surface area (Å²) in [5, 5.41) is 17.7. The highest BCUT2D eigenvalue weighted by Crippen LogP contribution is 2.32. The van der Waals surface area contributed by atoms with Crippen molar-refractivity contribution in [3.8, 4) is 0 Å². The Morgan fingerprint density at radius 3 is 2.31 bits per heavy atom. The number of rotatable bonds is 4. The largest absolute Gasteiger partial charge is 0.357 e. The van der Waals surface area contributed by atoms with Gasteiger partial charge in [0.15, 0.2) is 0 Å². The monoisotopic (exact) mass is 352 g/mol. The fraction of sp³-hybridized carbons (Fsp3) is 0.111.